The molecule has 0 aliphatic heterocycles. The van der Waals surface area contributed by atoms with Crippen LogP contribution < -0.4 is 0 Å². The molecule has 0 fully saturated rings. The van der Waals surface area contributed by atoms with Crippen LogP contribution in [0.4, 0.5) is 0 Å². The van der Waals surface area contributed by atoms with E-state index in [1.807, 2.05) is 24.3 Å². The number of unbranched alkanes of at least 4 members (excludes halogenated alkanes) is 3. The highest BCUT2D eigenvalue weighted by Gasteiger charge is 1.93. The van der Waals surface area contributed by atoms with Crippen molar-refractivity contribution in [2.45, 2.75) is 39.0 Å². The van der Waals surface area contributed by atoms with Gasteiger partial charge in [-0.2, -0.15) is 0 Å². The Morgan fingerprint density at radius 1 is 0.739 bits per heavy atom. The van der Waals surface area contributed by atoms with Gasteiger partial charge in [0.2, 0.25) is 0 Å². The van der Waals surface area contributed by atoms with E-state index in [-0.39, 0.29) is 0 Å². The van der Waals surface area contributed by atoms with E-state index in [4.69, 9.17) is 11.6 Å². The fourth-order valence-electron chi connectivity index (χ4n) is 2.25. The zero-order valence-corrected chi connectivity index (χ0v) is 14.3. The van der Waals surface area contributed by atoms with Crippen LogP contribution in [0, 0.1) is 23.7 Å². The lowest BCUT2D eigenvalue weighted by Gasteiger charge is -2.01. The van der Waals surface area contributed by atoms with E-state index in [0.29, 0.717) is 0 Å². The molecule has 0 bridgehead atoms. The average Bonchev–Trinajstić information content (AvgIpc) is 2.58. The van der Waals surface area contributed by atoms with Crippen molar-refractivity contribution in [1.82, 2.24) is 0 Å². The Kier molecular flexibility index (Phi) is 7.32. The molecule has 2 aromatic carbocycles. The molecule has 0 N–H and O–H groups in total. The third kappa shape index (κ3) is 6.65. The van der Waals surface area contributed by atoms with Crippen molar-refractivity contribution < 1.29 is 0 Å². The van der Waals surface area contributed by atoms with Crippen molar-refractivity contribution in [3.8, 4) is 23.7 Å². The smallest absolute Gasteiger partial charge is 0.0406 e. The molecule has 0 unspecified atom stereocenters. The van der Waals surface area contributed by atoms with Gasteiger partial charge in [0, 0.05) is 16.1 Å². The first kappa shape index (κ1) is 17.2. The Bertz CT molecular complexity index is 716. The predicted octanol–water partition coefficient (Wildman–Crippen LogP) is 5.87. The van der Waals surface area contributed by atoms with Crippen LogP contribution in [0.3, 0.4) is 0 Å². The normalized spacial score (nSPS) is 9.48. The molecule has 2 aromatic rings. The highest BCUT2D eigenvalue weighted by Crippen LogP contribution is 2.09. The first-order chi connectivity index (χ1) is 11.3. The van der Waals surface area contributed by atoms with Gasteiger partial charge in [0.15, 0.2) is 0 Å². The number of hydrogen-bond acceptors (Lipinski definition) is 0. The summed E-state index contributed by atoms with van der Waals surface area (Å²) in [5, 5.41) is 0.719. The Morgan fingerprint density at radius 3 is 1.87 bits per heavy atom. The zero-order valence-electron chi connectivity index (χ0n) is 13.5. The van der Waals surface area contributed by atoms with E-state index in [1.54, 1.807) is 0 Å². The number of aryl methyl sites for hydroxylation is 1. The summed E-state index contributed by atoms with van der Waals surface area (Å²) < 4.78 is 0. The minimum absolute atomic E-state index is 0.719. The standard InChI is InChI=1S/C22H21Cl/c1-2-3-4-5-8-19-11-13-20(14-12-19)9-6-7-10-21-15-17-22(23)18-16-21/h11-18H,2-5,8H2,1H3. The van der Waals surface area contributed by atoms with E-state index in [2.05, 4.69) is 54.9 Å². The van der Waals surface area contributed by atoms with Gasteiger partial charge in [-0.1, -0.05) is 61.8 Å². The van der Waals surface area contributed by atoms with Crippen LogP contribution in [0.25, 0.3) is 0 Å². The van der Waals surface area contributed by atoms with E-state index in [1.165, 1.54) is 31.2 Å². The Labute approximate surface area is 144 Å². The van der Waals surface area contributed by atoms with Crippen molar-refractivity contribution in [3.63, 3.8) is 0 Å². The average molecular weight is 321 g/mol. The number of rotatable bonds is 5. The molecule has 0 amide bonds. The van der Waals surface area contributed by atoms with Gasteiger partial charge in [-0.15, -0.1) is 0 Å². The van der Waals surface area contributed by atoms with E-state index in [0.717, 1.165) is 22.6 Å². The van der Waals surface area contributed by atoms with Crippen LogP contribution in [0.2, 0.25) is 5.02 Å². The molecule has 0 atom stereocenters. The largest absolute Gasteiger partial charge is 0.0843 e. The van der Waals surface area contributed by atoms with Crippen LogP contribution in [0.1, 0.15) is 49.3 Å². The second-order valence-corrected chi connectivity index (χ2v) is 5.95. The zero-order chi connectivity index (χ0) is 16.3. The maximum atomic E-state index is 5.84. The van der Waals surface area contributed by atoms with Gasteiger partial charge in [-0.25, -0.2) is 0 Å². The third-order valence-corrected chi connectivity index (χ3v) is 3.85. The molecule has 0 aromatic heterocycles. The monoisotopic (exact) mass is 320 g/mol. The summed E-state index contributed by atoms with van der Waals surface area (Å²) in [7, 11) is 0. The van der Waals surface area contributed by atoms with Crippen LogP contribution in [0.15, 0.2) is 48.5 Å². The Morgan fingerprint density at radius 2 is 1.30 bits per heavy atom. The van der Waals surface area contributed by atoms with Gasteiger partial charge in [-0.3, -0.25) is 0 Å². The van der Waals surface area contributed by atoms with Crippen molar-refractivity contribution >= 4 is 11.6 Å². The van der Waals surface area contributed by atoms with Crippen molar-refractivity contribution in [2.24, 2.45) is 0 Å². The SMILES string of the molecule is CCCCCCc1ccc(C#CC#Cc2ccc(Cl)cc2)cc1. The summed E-state index contributed by atoms with van der Waals surface area (Å²) >= 11 is 5.84. The van der Waals surface area contributed by atoms with E-state index >= 15 is 0 Å². The molecular formula is C22H21Cl. The molecule has 0 nitrogen and oxygen atoms in total. The Balaban J connectivity index is 1.88. The van der Waals surface area contributed by atoms with Crippen LogP contribution >= 0.6 is 11.6 Å². The summed E-state index contributed by atoms with van der Waals surface area (Å²) in [6.45, 7) is 2.24. The maximum Gasteiger partial charge on any atom is 0.0406 e. The highest BCUT2D eigenvalue weighted by atomic mass is 35.5. The molecule has 0 spiro atoms. The van der Waals surface area contributed by atoms with Crippen molar-refractivity contribution in [3.05, 3.63) is 70.2 Å². The van der Waals surface area contributed by atoms with Gasteiger partial charge in [0.25, 0.3) is 0 Å². The molecule has 0 saturated heterocycles. The Hall–Kier alpha value is -2.15. The number of benzene rings is 2. The molecule has 0 aliphatic carbocycles. The second-order valence-electron chi connectivity index (χ2n) is 5.51. The molecule has 0 radical (unpaired) electrons. The minimum atomic E-state index is 0.719. The third-order valence-electron chi connectivity index (χ3n) is 3.59. The highest BCUT2D eigenvalue weighted by molar-refractivity contribution is 6.30. The predicted molar refractivity (Wildman–Crippen MR) is 99.5 cm³/mol. The topological polar surface area (TPSA) is 0 Å². The molecule has 0 aliphatic rings. The molecule has 23 heavy (non-hydrogen) atoms. The minimum Gasteiger partial charge on any atom is -0.0843 e. The summed E-state index contributed by atoms with van der Waals surface area (Å²) in [6, 6.07) is 15.9. The van der Waals surface area contributed by atoms with Crippen molar-refractivity contribution in [2.75, 3.05) is 0 Å². The fourth-order valence-corrected chi connectivity index (χ4v) is 2.38. The van der Waals surface area contributed by atoms with Crippen molar-refractivity contribution in [1.29, 1.82) is 0 Å². The summed E-state index contributed by atoms with van der Waals surface area (Å²) in [6.07, 6.45) is 6.36. The van der Waals surface area contributed by atoms with Gasteiger partial charge in [-0.05, 0) is 66.6 Å². The quantitative estimate of drug-likeness (QED) is 0.477. The van der Waals surface area contributed by atoms with E-state index in [9.17, 15) is 0 Å². The van der Waals surface area contributed by atoms with Crippen LogP contribution in [-0.4, -0.2) is 0 Å². The summed E-state index contributed by atoms with van der Waals surface area (Å²) in [5.74, 6) is 11.9. The van der Waals surface area contributed by atoms with Crippen LogP contribution in [0.5, 0.6) is 0 Å². The molecule has 2 rings (SSSR count). The van der Waals surface area contributed by atoms with E-state index < -0.39 is 0 Å². The van der Waals surface area contributed by atoms with Crippen LogP contribution in [-0.2, 0) is 6.42 Å². The first-order valence-electron chi connectivity index (χ1n) is 8.14. The van der Waals surface area contributed by atoms with Gasteiger partial charge in [0.1, 0.15) is 0 Å². The first-order valence-corrected chi connectivity index (χ1v) is 8.52. The number of hydrogen-bond donors (Lipinski definition) is 0. The van der Waals surface area contributed by atoms with Gasteiger partial charge >= 0.3 is 0 Å². The lowest BCUT2D eigenvalue weighted by Crippen LogP contribution is -1.86. The van der Waals surface area contributed by atoms with Gasteiger partial charge in [0.05, 0.1) is 0 Å². The molecule has 116 valence electrons. The maximum absolute atomic E-state index is 5.84. The fraction of sp³-hybridized carbons (Fsp3) is 0.273. The summed E-state index contributed by atoms with van der Waals surface area (Å²) in [5.41, 5.74) is 3.32. The summed E-state index contributed by atoms with van der Waals surface area (Å²) in [4.78, 5) is 0. The van der Waals surface area contributed by atoms with Gasteiger partial charge < -0.3 is 0 Å². The number of halogens is 1. The molecule has 0 heterocycles. The lowest BCUT2D eigenvalue weighted by molar-refractivity contribution is 0.667. The second kappa shape index (κ2) is 9.78. The molecule has 0 saturated carbocycles. The molecule has 1 heteroatoms. The lowest BCUT2D eigenvalue weighted by atomic mass is 10.0. The molecular weight excluding hydrogens is 300 g/mol.